The van der Waals surface area contributed by atoms with Gasteiger partial charge in [-0.1, -0.05) is 42.5 Å². The molecule has 222 valence electrons. The predicted octanol–water partition coefficient (Wildman–Crippen LogP) is 6.89. The van der Waals surface area contributed by atoms with Crippen LogP contribution in [0.25, 0.3) is 33.3 Å². The normalized spacial score (nSPS) is 14.0. The zero-order valence-electron chi connectivity index (χ0n) is 24.1. The SMILES string of the molecule is CN/C(C)=C\C(N)=N/c1ncc(C)c(-c2c[nH]c3c(N4Cc5c(cccc5-c5ccccc5C(F)(F)F)C4=O)cccc23)n1. The Labute approximate surface area is 251 Å². The number of aliphatic imine (C=N–C) groups is 1. The van der Waals surface area contributed by atoms with Crippen molar-refractivity contribution in [2.45, 2.75) is 26.6 Å². The third kappa shape index (κ3) is 5.06. The number of para-hydroxylation sites is 1. The van der Waals surface area contributed by atoms with Gasteiger partial charge >= 0.3 is 6.18 Å². The Morgan fingerprint density at radius 2 is 1.77 bits per heavy atom. The van der Waals surface area contributed by atoms with Gasteiger partial charge in [-0.2, -0.15) is 18.2 Å². The number of alkyl halides is 3. The van der Waals surface area contributed by atoms with E-state index in [0.29, 0.717) is 33.6 Å². The van der Waals surface area contributed by atoms with Crippen LogP contribution < -0.4 is 16.0 Å². The van der Waals surface area contributed by atoms with E-state index in [2.05, 4.69) is 25.3 Å². The summed E-state index contributed by atoms with van der Waals surface area (Å²) in [5.41, 5.74) is 11.0. The summed E-state index contributed by atoms with van der Waals surface area (Å²) in [5, 5.41) is 3.79. The number of benzene rings is 3. The predicted molar refractivity (Wildman–Crippen MR) is 166 cm³/mol. The Morgan fingerprint density at radius 1 is 1.05 bits per heavy atom. The molecule has 5 aromatic rings. The number of halogens is 3. The first-order chi connectivity index (χ1) is 21.1. The van der Waals surface area contributed by atoms with Gasteiger partial charge in [0.25, 0.3) is 11.9 Å². The van der Waals surface area contributed by atoms with Crippen molar-refractivity contribution in [2.75, 3.05) is 11.9 Å². The first-order valence-electron chi connectivity index (χ1n) is 13.8. The molecule has 1 aliphatic rings. The largest absolute Gasteiger partial charge is 0.417 e. The lowest BCUT2D eigenvalue weighted by Gasteiger charge is -2.18. The van der Waals surface area contributed by atoms with E-state index in [9.17, 15) is 18.0 Å². The number of nitrogens with zero attached hydrogens (tertiary/aromatic N) is 4. The van der Waals surface area contributed by atoms with Crippen LogP contribution >= 0.6 is 0 Å². The van der Waals surface area contributed by atoms with Crippen molar-refractivity contribution >= 4 is 34.3 Å². The summed E-state index contributed by atoms with van der Waals surface area (Å²) < 4.78 is 41.7. The van der Waals surface area contributed by atoms with Crippen molar-refractivity contribution in [2.24, 2.45) is 10.7 Å². The van der Waals surface area contributed by atoms with Crippen LogP contribution in [0.15, 0.2) is 89.8 Å². The lowest BCUT2D eigenvalue weighted by Crippen LogP contribution is -2.23. The molecule has 3 aromatic carbocycles. The molecule has 2 aromatic heterocycles. The van der Waals surface area contributed by atoms with Gasteiger partial charge in [-0.05, 0) is 60.4 Å². The van der Waals surface area contributed by atoms with Gasteiger partial charge in [0.15, 0.2) is 0 Å². The number of H-pyrrole nitrogens is 1. The van der Waals surface area contributed by atoms with Crippen LogP contribution in [0.2, 0.25) is 0 Å². The summed E-state index contributed by atoms with van der Waals surface area (Å²) in [6.45, 7) is 3.87. The standard InChI is InChI=1S/C33H28F3N7O/c1-18-15-40-32(41-28(37)14-19(2)38-3)42-29(18)24-16-39-30-22(24)10-7-13-27(30)43-17-25-20(9-6-11-23(25)31(43)44)21-8-4-5-12-26(21)33(34,35)36/h4-16,38-39H,17H2,1-3H3,(H2,37,40,41,42)/b19-14-. The van der Waals surface area contributed by atoms with Gasteiger partial charge in [-0.15, -0.1) is 0 Å². The highest BCUT2D eigenvalue weighted by atomic mass is 19.4. The van der Waals surface area contributed by atoms with Crippen molar-refractivity contribution < 1.29 is 18.0 Å². The number of carbonyl (C=O) groups is 1. The van der Waals surface area contributed by atoms with Gasteiger partial charge in [-0.25, -0.2) is 9.97 Å². The smallest absolute Gasteiger partial charge is 0.392 e. The third-order valence-corrected chi connectivity index (χ3v) is 7.68. The number of aryl methyl sites for hydroxylation is 1. The number of amidine groups is 1. The summed E-state index contributed by atoms with van der Waals surface area (Å²) in [5.74, 6) is 0.160. The molecule has 11 heteroatoms. The molecule has 0 fully saturated rings. The Balaban J connectivity index is 1.40. The van der Waals surface area contributed by atoms with E-state index >= 15 is 0 Å². The molecule has 6 rings (SSSR count). The van der Waals surface area contributed by atoms with E-state index in [-0.39, 0.29) is 29.8 Å². The molecule has 3 heterocycles. The maximum absolute atomic E-state index is 13.9. The molecule has 8 nitrogen and oxygen atoms in total. The van der Waals surface area contributed by atoms with E-state index < -0.39 is 11.7 Å². The third-order valence-electron chi connectivity index (χ3n) is 7.68. The molecule has 0 saturated carbocycles. The highest BCUT2D eigenvalue weighted by Crippen LogP contribution is 2.43. The molecule has 1 amide bonds. The zero-order chi connectivity index (χ0) is 31.2. The Kier molecular flexibility index (Phi) is 7.16. The number of aromatic amines is 1. The Bertz CT molecular complexity index is 1990. The first kappa shape index (κ1) is 28.7. The van der Waals surface area contributed by atoms with Gasteiger partial charge < -0.3 is 20.9 Å². The maximum Gasteiger partial charge on any atom is 0.417 e. The molecule has 0 radical (unpaired) electrons. The van der Waals surface area contributed by atoms with Crippen molar-refractivity contribution in [3.05, 3.63) is 107 Å². The van der Waals surface area contributed by atoms with Gasteiger partial charge in [0.1, 0.15) is 5.84 Å². The van der Waals surface area contributed by atoms with Gasteiger partial charge in [0, 0.05) is 41.7 Å². The summed E-state index contributed by atoms with van der Waals surface area (Å²) in [6, 6.07) is 15.9. The first-order valence-corrected chi connectivity index (χ1v) is 13.8. The number of hydrogen-bond donors (Lipinski definition) is 3. The molecule has 0 bridgehead atoms. The molecule has 44 heavy (non-hydrogen) atoms. The summed E-state index contributed by atoms with van der Waals surface area (Å²) in [6.07, 6.45) is 0.627. The average molecular weight is 596 g/mol. The Hall–Kier alpha value is -5.45. The van der Waals surface area contributed by atoms with E-state index in [0.717, 1.165) is 28.3 Å². The van der Waals surface area contributed by atoms with Crippen molar-refractivity contribution in [1.82, 2.24) is 20.3 Å². The Morgan fingerprint density at radius 3 is 2.55 bits per heavy atom. The number of rotatable bonds is 6. The van der Waals surface area contributed by atoms with Crippen LogP contribution in [-0.2, 0) is 12.7 Å². The number of aromatic nitrogens is 3. The fourth-order valence-electron chi connectivity index (χ4n) is 5.51. The van der Waals surface area contributed by atoms with Crippen LogP contribution in [0.3, 0.4) is 0 Å². The molecule has 0 aliphatic carbocycles. The van der Waals surface area contributed by atoms with E-state index in [4.69, 9.17) is 5.73 Å². The van der Waals surface area contributed by atoms with Crippen molar-refractivity contribution in [3.8, 4) is 22.4 Å². The minimum absolute atomic E-state index is 0.0433. The lowest BCUT2D eigenvalue weighted by atomic mass is 9.93. The molecule has 0 saturated heterocycles. The number of nitrogens with one attached hydrogen (secondary N) is 2. The van der Waals surface area contributed by atoms with Crippen LogP contribution in [-0.4, -0.2) is 33.7 Å². The van der Waals surface area contributed by atoms with E-state index in [1.165, 1.54) is 12.1 Å². The van der Waals surface area contributed by atoms with Crippen LogP contribution in [0.1, 0.15) is 34.0 Å². The maximum atomic E-state index is 13.9. The summed E-state index contributed by atoms with van der Waals surface area (Å²) in [7, 11) is 1.78. The minimum Gasteiger partial charge on any atom is -0.392 e. The van der Waals surface area contributed by atoms with Crippen molar-refractivity contribution in [1.29, 1.82) is 0 Å². The minimum atomic E-state index is -4.54. The number of anilines is 1. The average Bonchev–Trinajstić information content (AvgIpc) is 3.59. The number of nitrogens with two attached hydrogens (primary N) is 1. The van der Waals surface area contributed by atoms with Gasteiger partial charge in [0.2, 0.25) is 0 Å². The molecular weight excluding hydrogens is 567 g/mol. The molecule has 1 aliphatic heterocycles. The highest BCUT2D eigenvalue weighted by Gasteiger charge is 2.36. The lowest BCUT2D eigenvalue weighted by molar-refractivity contribution is -0.137. The fourth-order valence-corrected chi connectivity index (χ4v) is 5.51. The second-order valence-corrected chi connectivity index (χ2v) is 10.5. The molecule has 0 spiro atoms. The van der Waals surface area contributed by atoms with Gasteiger partial charge in [-0.3, -0.25) is 4.79 Å². The van der Waals surface area contributed by atoms with Crippen LogP contribution in [0, 0.1) is 6.92 Å². The number of hydrogen-bond acceptors (Lipinski definition) is 5. The highest BCUT2D eigenvalue weighted by molar-refractivity contribution is 6.15. The number of amides is 1. The molecule has 0 unspecified atom stereocenters. The quantitative estimate of drug-likeness (QED) is 0.146. The topological polar surface area (TPSA) is 112 Å². The van der Waals surface area contributed by atoms with Gasteiger partial charge in [0.05, 0.1) is 29.0 Å². The zero-order valence-corrected chi connectivity index (χ0v) is 24.1. The van der Waals surface area contributed by atoms with E-state index in [1.54, 1.807) is 48.5 Å². The number of allylic oxidation sites excluding steroid dienone is 1. The summed E-state index contributed by atoms with van der Waals surface area (Å²) >= 11 is 0. The molecule has 4 N–H and O–H groups in total. The number of fused-ring (bicyclic) bond motifs is 2. The second-order valence-electron chi connectivity index (χ2n) is 10.5. The second kappa shape index (κ2) is 11.0. The van der Waals surface area contributed by atoms with Crippen LogP contribution in [0.4, 0.5) is 24.8 Å². The molecule has 0 atom stereocenters. The van der Waals surface area contributed by atoms with E-state index in [1.807, 2.05) is 38.2 Å². The molecular formula is C33H28F3N7O. The fraction of sp³-hybridized carbons (Fsp3) is 0.152. The van der Waals surface area contributed by atoms with Crippen LogP contribution in [0.5, 0.6) is 0 Å². The number of carbonyl (C=O) groups excluding carboxylic acids is 1. The summed E-state index contributed by atoms with van der Waals surface area (Å²) in [4.78, 5) is 31.9. The van der Waals surface area contributed by atoms with Crippen molar-refractivity contribution in [3.63, 3.8) is 0 Å². The monoisotopic (exact) mass is 595 g/mol.